The lowest BCUT2D eigenvalue weighted by Crippen LogP contribution is -2.24. The zero-order valence-electron chi connectivity index (χ0n) is 11.3. The van der Waals surface area contributed by atoms with Crippen LogP contribution in [0.3, 0.4) is 0 Å². The molecule has 102 valence electrons. The van der Waals surface area contributed by atoms with Gasteiger partial charge in [0, 0.05) is 29.5 Å². The highest BCUT2D eigenvalue weighted by Crippen LogP contribution is 2.29. The van der Waals surface area contributed by atoms with E-state index in [4.69, 9.17) is 10.00 Å². The van der Waals surface area contributed by atoms with Crippen LogP contribution >= 0.6 is 11.8 Å². The van der Waals surface area contributed by atoms with Crippen molar-refractivity contribution < 1.29 is 4.74 Å². The Balaban J connectivity index is 1.86. The third-order valence-corrected chi connectivity index (χ3v) is 4.59. The van der Waals surface area contributed by atoms with Crippen molar-refractivity contribution in [1.82, 2.24) is 0 Å². The highest BCUT2D eigenvalue weighted by Gasteiger charge is 2.23. The maximum Gasteiger partial charge on any atom is 0.121 e. The number of anilines is 1. The molecule has 2 unspecified atom stereocenters. The van der Waals surface area contributed by atoms with Crippen molar-refractivity contribution in [3.63, 3.8) is 0 Å². The van der Waals surface area contributed by atoms with E-state index >= 15 is 0 Å². The van der Waals surface area contributed by atoms with Crippen molar-refractivity contribution in [1.29, 1.82) is 5.26 Å². The molecule has 1 aliphatic rings. The van der Waals surface area contributed by atoms with Crippen LogP contribution in [0.1, 0.15) is 26.2 Å². The molecule has 0 bridgehead atoms. The van der Waals surface area contributed by atoms with Crippen LogP contribution < -0.4 is 10.1 Å². The predicted octanol–water partition coefficient (Wildman–Crippen LogP) is 3.68. The fourth-order valence-electron chi connectivity index (χ4n) is 2.15. The van der Waals surface area contributed by atoms with Gasteiger partial charge in [0.15, 0.2) is 0 Å². The Labute approximate surface area is 119 Å². The SMILES string of the molecule is CC1SCCC1Nc1cccc(OCCCC#N)c1. The van der Waals surface area contributed by atoms with Crippen molar-refractivity contribution >= 4 is 17.4 Å². The fraction of sp³-hybridized carbons (Fsp3) is 0.533. The fourth-order valence-corrected chi connectivity index (χ4v) is 3.35. The molecular weight excluding hydrogens is 256 g/mol. The number of benzene rings is 1. The number of hydrogen-bond acceptors (Lipinski definition) is 4. The van der Waals surface area contributed by atoms with E-state index in [0.29, 0.717) is 24.3 Å². The summed E-state index contributed by atoms with van der Waals surface area (Å²) in [7, 11) is 0. The van der Waals surface area contributed by atoms with E-state index in [1.54, 1.807) is 0 Å². The van der Waals surface area contributed by atoms with Crippen molar-refractivity contribution in [2.75, 3.05) is 17.7 Å². The third kappa shape index (κ3) is 4.36. The van der Waals surface area contributed by atoms with Crippen LogP contribution in [0.5, 0.6) is 5.75 Å². The van der Waals surface area contributed by atoms with E-state index in [0.717, 1.165) is 17.9 Å². The molecule has 1 aromatic carbocycles. The van der Waals surface area contributed by atoms with E-state index < -0.39 is 0 Å². The van der Waals surface area contributed by atoms with E-state index in [2.05, 4.69) is 24.4 Å². The van der Waals surface area contributed by atoms with Gasteiger partial charge in [0.2, 0.25) is 0 Å². The molecule has 0 spiro atoms. The Bertz CT molecular complexity index is 444. The number of ether oxygens (including phenoxy) is 1. The molecule has 2 rings (SSSR count). The van der Waals surface area contributed by atoms with Crippen molar-refractivity contribution in [2.24, 2.45) is 0 Å². The van der Waals surface area contributed by atoms with Gasteiger partial charge in [0.05, 0.1) is 12.7 Å². The molecule has 0 aliphatic carbocycles. The molecule has 0 saturated carbocycles. The van der Waals surface area contributed by atoms with Gasteiger partial charge in [0.25, 0.3) is 0 Å². The van der Waals surface area contributed by atoms with E-state index in [9.17, 15) is 0 Å². The van der Waals surface area contributed by atoms with Gasteiger partial charge in [-0.3, -0.25) is 0 Å². The van der Waals surface area contributed by atoms with Gasteiger partial charge in [-0.05, 0) is 30.7 Å². The summed E-state index contributed by atoms with van der Waals surface area (Å²) in [5, 5.41) is 12.7. The number of hydrogen-bond donors (Lipinski definition) is 1. The Hall–Kier alpha value is -1.34. The second-order valence-corrected chi connectivity index (χ2v) is 6.24. The Kier molecular flexibility index (Phi) is 5.41. The topological polar surface area (TPSA) is 45.0 Å². The summed E-state index contributed by atoms with van der Waals surface area (Å²) in [6.45, 7) is 2.88. The average molecular weight is 276 g/mol. The predicted molar refractivity (Wildman–Crippen MR) is 80.7 cm³/mol. The lowest BCUT2D eigenvalue weighted by molar-refractivity contribution is 0.313. The summed E-state index contributed by atoms with van der Waals surface area (Å²) in [6.07, 6.45) is 2.55. The molecule has 1 saturated heterocycles. The molecule has 1 heterocycles. The summed E-state index contributed by atoms with van der Waals surface area (Å²) in [5.41, 5.74) is 1.12. The molecule has 1 fully saturated rings. The molecule has 1 aliphatic heterocycles. The van der Waals surface area contributed by atoms with E-state index in [-0.39, 0.29) is 0 Å². The number of thioether (sulfide) groups is 1. The molecule has 2 atom stereocenters. The molecule has 3 nitrogen and oxygen atoms in total. The summed E-state index contributed by atoms with van der Waals surface area (Å²) < 4.78 is 5.64. The zero-order valence-corrected chi connectivity index (χ0v) is 12.1. The van der Waals surface area contributed by atoms with Crippen LogP contribution in [0.15, 0.2) is 24.3 Å². The highest BCUT2D eigenvalue weighted by atomic mass is 32.2. The molecular formula is C15H20N2OS. The first-order chi connectivity index (χ1) is 9.29. The molecule has 0 radical (unpaired) electrons. The van der Waals surface area contributed by atoms with Crippen LogP contribution in [0.25, 0.3) is 0 Å². The van der Waals surface area contributed by atoms with Crippen molar-refractivity contribution in [3.05, 3.63) is 24.3 Å². The Morgan fingerprint density at radius 1 is 1.53 bits per heavy atom. The lowest BCUT2D eigenvalue weighted by Gasteiger charge is -2.18. The first-order valence-electron chi connectivity index (χ1n) is 6.77. The van der Waals surface area contributed by atoms with Gasteiger partial charge < -0.3 is 10.1 Å². The monoisotopic (exact) mass is 276 g/mol. The van der Waals surface area contributed by atoms with Crippen LogP contribution in [0.2, 0.25) is 0 Å². The molecule has 0 aromatic heterocycles. The molecule has 19 heavy (non-hydrogen) atoms. The van der Waals surface area contributed by atoms with Gasteiger partial charge in [-0.1, -0.05) is 13.0 Å². The van der Waals surface area contributed by atoms with E-state index in [1.165, 1.54) is 12.2 Å². The van der Waals surface area contributed by atoms with Gasteiger partial charge >= 0.3 is 0 Å². The number of nitriles is 1. The number of unbranched alkanes of at least 4 members (excludes halogenated alkanes) is 1. The highest BCUT2D eigenvalue weighted by molar-refractivity contribution is 8.00. The minimum absolute atomic E-state index is 0.550. The Morgan fingerprint density at radius 3 is 3.16 bits per heavy atom. The van der Waals surface area contributed by atoms with Crippen LogP contribution in [0, 0.1) is 11.3 Å². The maximum atomic E-state index is 8.47. The second kappa shape index (κ2) is 7.30. The van der Waals surface area contributed by atoms with Crippen molar-refractivity contribution in [2.45, 2.75) is 37.5 Å². The minimum Gasteiger partial charge on any atom is -0.493 e. The number of nitrogens with zero attached hydrogens (tertiary/aromatic N) is 1. The smallest absolute Gasteiger partial charge is 0.121 e. The van der Waals surface area contributed by atoms with Crippen LogP contribution in [-0.2, 0) is 0 Å². The van der Waals surface area contributed by atoms with Gasteiger partial charge in [-0.15, -0.1) is 0 Å². The maximum absolute atomic E-state index is 8.47. The number of rotatable bonds is 6. The largest absolute Gasteiger partial charge is 0.493 e. The normalized spacial score (nSPS) is 21.9. The van der Waals surface area contributed by atoms with E-state index in [1.807, 2.05) is 30.0 Å². The standard InChI is InChI=1S/C15H20N2OS/c1-12-15(7-10-19-12)17-13-5-4-6-14(11-13)18-9-3-2-8-16/h4-6,11-12,15,17H,2-3,7,9-10H2,1H3. The molecule has 1 aromatic rings. The Morgan fingerprint density at radius 2 is 2.42 bits per heavy atom. The van der Waals surface area contributed by atoms with Crippen molar-refractivity contribution in [3.8, 4) is 11.8 Å². The third-order valence-electron chi connectivity index (χ3n) is 3.26. The molecule has 1 N–H and O–H groups in total. The van der Waals surface area contributed by atoms with Gasteiger partial charge in [-0.25, -0.2) is 0 Å². The zero-order chi connectivity index (χ0) is 13.5. The number of nitrogens with one attached hydrogen (secondary N) is 1. The van der Waals surface area contributed by atoms with Gasteiger partial charge in [0.1, 0.15) is 5.75 Å². The first kappa shape index (κ1) is 14.1. The first-order valence-corrected chi connectivity index (χ1v) is 7.82. The van der Waals surface area contributed by atoms with Crippen LogP contribution in [0.4, 0.5) is 5.69 Å². The molecule has 0 amide bonds. The average Bonchev–Trinajstić information content (AvgIpc) is 2.81. The quantitative estimate of drug-likeness (QED) is 0.805. The van der Waals surface area contributed by atoms with Gasteiger partial charge in [-0.2, -0.15) is 17.0 Å². The summed E-state index contributed by atoms with van der Waals surface area (Å²) in [5.74, 6) is 2.12. The lowest BCUT2D eigenvalue weighted by atomic mass is 10.1. The second-order valence-electron chi connectivity index (χ2n) is 4.75. The van der Waals surface area contributed by atoms with Crippen LogP contribution in [-0.4, -0.2) is 23.7 Å². The summed E-state index contributed by atoms with van der Waals surface area (Å²) in [4.78, 5) is 0. The summed E-state index contributed by atoms with van der Waals surface area (Å²) in [6, 6.07) is 10.8. The minimum atomic E-state index is 0.550. The summed E-state index contributed by atoms with van der Waals surface area (Å²) >= 11 is 2.02. The molecule has 4 heteroatoms.